The van der Waals surface area contributed by atoms with Crippen molar-refractivity contribution in [3.8, 4) is 0 Å². The quantitative estimate of drug-likeness (QED) is 0.514. The third-order valence-electron chi connectivity index (χ3n) is 4.98. The minimum Gasteiger partial charge on any atom is -0.469 e. The van der Waals surface area contributed by atoms with Gasteiger partial charge in [-0.1, -0.05) is 30.3 Å². The number of carbonyl (C=O) groups is 4. The molecule has 2 aliphatic rings. The number of carbonyl (C=O) groups excluding carboxylic acids is 4. The topological polar surface area (TPSA) is 112 Å². The number of ether oxygens (including phenoxy) is 4. The van der Waals surface area contributed by atoms with Crippen molar-refractivity contribution >= 4 is 24.0 Å². The van der Waals surface area contributed by atoms with Gasteiger partial charge in [-0.05, 0) is 12.5 Å². The maximum atomic E-state index is 12.9. The highest BCUT2D eigenvalue weighted by atomic mass is 16.6. The Balaban J connectivity index is 2.16. The third kappa shape index (κ3) is 3.51. The molecular formula is C19H22N2O8. The van der Waals surface area contributed by atoms with Gasteiger partial charge in [-0.3, -0.25) is 9.59 Å². The highest BCUT2D eigenvalue weighted by Gasteiger charge is 2.64. The Labute approximate surface area is 167 Å². The second-order valence-corrected chi connectivity index (χ2v) is 6.44. The molecule has 2 heterocycles. The fraction of sp³-hybridized carbons (Fsp3) is 0.474. The molecule has 0 radical (unpaired) electrons. The molecule has 0 aromatic heterocycles. The summed E-state index contributed by atoms with van der Waals surface area (Å²) in [6, 6.07) is 5.67. The molecule has 156 valence electrons. The minimum atomic E-state index is -1.43. The summed E-state index contributed by atoms with van der Waals surface area (Å²) in [7, 11) is 2.27. The number of amides is 1. The Morgan fingerprint density at radius 3 is 2.28 bits per heavy atom. The summed E-state index contributed by atoms with van der Waals surface area (Å²) >= 11 is 0. The zero-order valence-electron chi connectivity index (χ0n) is 16.3. The molecule has 3 rings (SSSR count). The van der Waals surface area contributed by atoms with E-state index < -0.39 is 48.0 Å². The van der Waals surface area contributed by atoms with Crippen LogP contribution >= 0.6 is 0 Å². The van der Waals surface area contributed by atoms with E-state index in [9.17, 15) is 19.2 Å². The first-order valence-corrected chi connectivity index (χ1v) is 9.07. The molecule has 10 heteroatoms. The van der Waals surface area contributed by atoms with Crippen LogP contribution < -0.4 is 0 Å². The van der Waals surface area contributed by atoms with Crippen LogP contribution in [-0.4, -0.2) is 73.5 Å². The van der Waals surface area contributed by atoms with E-state index >= 15 is 0 Å². The SMILES string of the molecule is CCOC(=O)[C@H]1[C@H](C(=O)OC)[C@H](C(=O)OC)N2C(=O)OC[C@@H](c3ccccc3)N12. The van der Waals surface area contributed by atoms with Crippen molar-refractivity contribution in [2.75, 3.05) is 27.4 Å². The van der Waals surface area contributed by atoms with Crippen LogP contribution in [0.5, 0.6) is 0 Å². The molecule has 2 fully saturated rings. The second kappa shape index (κ2) is 8.48. The zero-order chi connectivity index (χ0) is 21.1. The molecule has 0 unspecified atom stereocenters. The summed E-state index contributed by atoms with van der Waals surface area (Å²) < 4.78 is 20.1. The van der Waals surface area contributed by atoms with Gasteiger partial charge in [-0.15, -0.1) is 0 Å². The van der Waals surface area contributed by atoms with E-state index in [0.717, 1.165) is 24.8 Å². The van der Waals surface area contributed by atoms with Crippen LogP contribution in [0.3, 0.4) is 0 Å². The summed E-state index contributed by atoms with van der Waals surface area (Å²) in [6.07, 6.45) is -0.867. The molecule has 4 atom stereocenters. The van der Waals surface area contributed by atoms with E-state index in [2.05, 4.69) is 0 Å². The van der Waals surface area contributed by atoms with E-state index in [1.54, 1.807) is 31.2 Å². The molecule has 0 saturated carbocycles. The molecule has 1 aromatic rings. The van der Waals surface area contributed by atoms with Crippen LogP contribution in [0.1, 0.15) is 18.5 Å². The maximum Gasteiger partial charge on any atom is 0.425 e. The molecule has 0 N–H and O–H groups in total. The number of methoxy groups -OCH3 is 2. The van der Waals surface area contributed by atoms with Crippen molar-refractivity contribution in [3.63, 3.8) is 0 Å². The number of cyclic esters (lactones) is 1. The van der Waals surface area contributed by atoms with E-state index in [4.69, 9.17) is 18.9 Å². The molecule has 2 aliphatic heterocycles. The van der Waals surface area contributed by atoms with Gasteiger partial charge in [0.2, 0.25) is 0 Å². The van der Waals surface area contributed by atoms with Gasteiger partial charge in [-0.25, -0.2) is 14.6 Å². The van der Waals surface area contributed by atoms with Gasteiger partial charge in [0.15, 0.2) is 6.04 Å². The van der Waals surface area contributed by atoms with Crippen LogP contribution in [0.4, 0.5) is 4.79 Å². The highest BCUT2D eigenvalue weighted by Crippen LogP contribution is 2.42. The van der Waals surface area contributed by atoms with Crippen molar-refractivity contribution in [2.24, 2.45) is 5.92 Å². The van der Waals surface area contributed by atoms with Crippen molar-refractivity contribution in [1.29, 1.82) is 0 Å². The lowest BCUT2D eigenvalue weighted by molar-refractivity contribution is -0.167. The molecule has 0 bridgehead atoms. The van der Waals surface area contributed by atoms with Crippen molar-refractivity contribution in [2.45, 2.75) is 25.0 Å². The molecular weight excluding hydrogens is 384 g/mol. The lowest BCUT2D eigenvalue weighted by Gasteiger charge is -2.41. The van der Waals surface area contributed by atoms with Gasteiger partial charge < -0.3 is 18.9 Å². The van der Waals surface area contributed by atoms with Gasteiger partial charge in [0.25, 0.3) is 0 Å². The second-order valence-electron chi connectivity index (χ2n) is 6.44. The van der Waals surface area contributed by atoms with E-state index in [1.807, 2.05) is 6.07 Å². The summed E-state index contributed by atoms with van der Waals surface area (Å²) in [5, 5.41) is 2.35. The van der Waals surface area contributed by atoms with Gasteiger partial charge in [0.1, 0.15) is 18.6 Å². The third-order valence-corrected chi connectivity index (χ3v) is 4.98. The number of hydrazine groups is 1. The molecule has 2 saturated heterocycles. The van der Waals surface area contributed by atoms with E-state index in [1.165, 1.54) is 5.01 Å². The van der Waals surface area contributed by atoms with E-state index in [0.29, 0.717) is 0 Å². The lowest BCUT2D eigenvalue weighted by atomic mass is 9.92. The first kappa shape index (κ1) is 20.6. The Morgan fingerprint density at radius 2 is 1.69 bits per heavy atom. The van der Waals surface area contributed by atoms with Crippen molar-refractivity contribution in [3.05, 3.63) is 35.9 Å². The summed E-state index contributed by atoms with van der Waals surface area (Å²) in [4.78, 5) is 50.7. The Hall–Kier alpha value is -3.14. The highest BCUT2D eigenvalue weighted by molar-refractivity contribution is 5.94. The fourth-order valence-corrected chi connectivity index (χ4v) is 3.78. The van der Waals surface area contributed by atoms with Crippen LogP contribution in [0.25, 0.3) is 0 Å². The van der Waals surface area contributed by atoms with Crippen LogP contribution in [0, 0.1) is 5.92 Å². The summed E-state index contributed by atoms with van der Waals surface area (Å²) in [6.45, 7) is 1.60. The molecule has 0 aliphatic carbocycles. The smallest absolute Gasteiger partial charge is 0.425 e. The van der Waals surface area contributed by atoms with Gasteiger partial charge in [0.05, 0.1) is 26.9 Å². The van der Waals surface area contributed by atoms with E-state index in [-0.39, 0.29) is 13.2 Å². The lowest BCUT2D eigenvalue weighted by Crippen LogP contribution is -2.57. The van der Waals surface area contributed by atoms with Gasteiger partial charge >= 0.3 is 24.0 Å². The maximum absolute atomic E-state index is 12.9. The average Bonchev–Trinajstić information content (AvgIpc) is 3.10. The van der Waals surface area contributed by atoms with Crippen molar-refractivity contribution in [1.82, 2.24) is 10.0 Å². The largest absolute Gasteiger partial charge is 0.469 e. The Morgan fingerprint density at radius 1 is 1.03 bits per heavy atom. The number of benzene rings is 1. The fourth-order valence-electron chi connectivity index (χ4n) is 3.78. The zero-order valence-corrected chi connectivity index (χ0v) is 16.3. The number of nitrogens with zero attached hydrogens (tertiary/aromatic N) is 2. The van der Waals surface area contributed by atoms with Crippen LogP contribution in [-0.2, 0) is 33.3 Å². The molecule has 10 nitrogen and oxygen atoms in total. The monoisotopic (exact) mass is 406 g/mol. The molecule has 1 aromatic carbocycles. The summed E-state index contributed by atoms with van der Waals surface area (Å²) in [5.74, 6) is -3.81. The van der Waals surface area contributed by atoms with Gasteiger partial charge in [0, 0.05) is 0 Å². The number of hydrogen-bond acceptors (Lipinski definition) is 9. The number of hydrogen-bond donors (Lipinski definition) is 0. The Kier molecular flexibility index (Phi) is 6.02. The average molecular weight is 406 g/mol. The molecule has 29 heavy (non-hydrogen) atoms. The first-order valence-electron chi connectivity index (χ1n) is 9.07. The van der Waals surface area contributed by atoms with Crippen LogP contribution in [0.2, 0.25) is 0 Å². The Bertz CT molecular complexity index is 799. The summed E-state index contributed by atoms with van der Waals surface area (Å²) in [5.41, 5.74) is 0.730. The predicted molar refractivity (Wildman–Crippen MR) is 95.9 cm³/mol. The normalized spacial score (nSPS) is 26.3. The number of rotatable bonds is 5. The predicted octanol–water partition coefficient (Wildman–Crippen LogP) is 0.673. The first-order chi connectivity index (χ1) is 14.0. The van der Waals surface area contributed by atoms with Gasteiger partial charge in [-0.2, -0.15) is 5.01 Å². The number of fused-ring (bicyclic) bond motifs is 1. The van der Waals surface area contributed by atoms with Crippen LogP contribution in [0.15, 0.2) is 30.3 Å². The number of esters is 3. The molecule has 1 amide bonds. The molecule has 0 spiro atoms. The van der Waals surface area contributed by atoms with Crippen molar-refractivity contribution < 1.29 is 38.1 Å². The minimum absolute atomic E-state index is 0.0560. The standard InChI is InChI=1S/C19H22N2O8/c1-4-28-18(24)15-13(16(22)26-2)14(17(23)27-3)21-19(25)29-10-12(20(15)21)11-8-6-5-7-9-11/h5-9,12-15H,4,10H2,1-3H3/t12-,13+,14+,15+/m0/s1.